The van der Waals surface area contributed by atoms with Crippen molar-refractivity contribution in [3.63, 3.8) is 0 Å². The van der Waals surface area contributed by atoms with E-state index >= 15 is 0 Å². The van der Waals surface area contributed by atoms with Gasteiger partial charge in [-0.1, -0.05) is 34.6 Å². The molecular weight excluding hydrogens is 206 g/mol. The molecule has 0 radical (unpaired) electrons. The predicted octanol–water partition coefficient (Wildman–Crippen LogP) is 3.80. The van der Waals surface area contributed by atoms with Crippen molar-refractivity contribution in [1.29, 1.82) is 0 Å². The third-order valence-corrected chi connectivity index (χ3v) is 3.45. The fourth-order valence-corrected chi connectivity index (χ4v) is 2.28. The molecule has 0 aliphatic heterocycles. The number of Topliss-reactive ketones (excluding diaryl/α,β-unsaturated/α-hetero) is 1. The first-order valence-electron chi connectivity index (χ1n) is 5.25. The maximum atomic E-state index is 12.1. The zero-order valence-electron chi connectivity index (χ0n) is 10.3. The third kappa shape index (κ3) is 2.65. The molecule has 0 atom stereocenters. The van der Waals surface area contributed by atoms with Gasteiger partial charge in [-0.25, -0.2) is 4.98 Å². The van der Waals surface area contributed by atoms with Crippen LogP contribution in [0.5, 0.6) is 0 Å². The van der Waals surface area contributed by atoms with E-state index in [0.29, 0.717) is 11.6 Å². The highest BCUT2D eigenvalue weighted by Gasteiger charge is 2.28. The molecule has 1 aromatic rings. The quantitative estimate of drug-likeness (QED) is 0.716. The minimum Gasteiger partial charge on any atom is -0.292 e. The van der Waals surface area contributed by atoms with Crippen LogP contribution in [0, 0.1) is 12.3 Å². The summed E-state index contributed by atoms with van der Waals surface area (Å²) in [4.78, 5) is 17.6. The number of carbonyl (C=O) groups excluding carboxylic acids is 1. The molecule has 0 N–H and O–H groups in total. The molecule has 0 saturated heterocycles. The van der Waals surface area contributed by atoms with Crippen molar-refractivity contribution in [1.82, 2.24) is 4.98 Å². The van der Waals surface area contributed by atoms with Crippen molar-refractivity contribution >= 4 is 17.1 Å². The number of thiazole rings is 1. The minimum atomic E-state index is -0.343. The zero-order chi connectivity index (χ0) is 11.8. The topological polar surface area (TPSA) is 30.0 Å². The molecule has 0 saturated carbocycles. The smallest absolute Gasteiger partial charge is 0.187 e. The van der Waals surface area contributed by atoms with Crippen LogP contribution >= 0.6 is 11.3 Å². The first-order chi connectivity index (χ1) is 6.73. The van der Waals surface area contributed by atoms with Crippen molar-refractivity contribution in [3.8, 4) is 0 Å². The normalized spacial score (nSPS) is 12.2. The van der Waals surface area contributed by atoms with E-state index in [1.165, 1.54) is 0 Å². The lowest BCUT2D eigenvalue weighted by molar-refractivity contribution is 0.0852. The van der Waals surface area contributed by atoms with E-state index < -0.39 is 0 Å². The van der Waals surface area contributed by atoms with Gasteiger partial charge < -0.3 is 0 Å². The Labute approximate surface area is 95.7 Å². The summed E-state index contributed by atoms with van der Waals surface area (Å²) in [5.41, 5.74) is 0.337. The average Bonchev–Trinajstić information content (AvgIpc) is 2.44. The van der Waals surface area contributed by atoms with E-state index in [1.54, 1.807) is 11.3 Å². The predicted molar refractivity (Wildman–Crippen MR) is 64.7 cm³/mol. The SMILES string of the molecule is Cc1nc(C(=O)C(C)(C)C)c(C(C)C)s1. The Morgan fingerprint density at radius 2 is 1.87 bits per heavy atom. The van der Waals surface area contributed by atoms with E-state index in [9.17, 15) is 4.79 Å². The molecule has 1 rings (SSSR count). The van der Waals surface area contributed by atoms with Gasteiger partial charge in [0.2, 0.25) is 0 Å². The van der Waals surface area contributed by atoms with E-state index in [2.05, 4.69) is 18.8 Å². The maximum absolute atomic E-state index is 12.1. The minimum absolute atomic E-state index is 0.149. The number of aromatic nitrogens is 1. The Kier molecular flexibility index (Phi) is 3.34. The summed E-state index contributed by atoms with van der Waals surface area (Å²) < 4.78 is 0. The standard InChI is InChI=1S/C12H19NOS/c1-7(2)10-9(13-8(3)15-10)11(14)12(4,5)6/h7H,1-6H3. The van der Waals surface area contributed by atoms with Crippen LogP contribution in [-0.2, 0) is 0 Å². The molecule has 1 heterocycles. The van der Waals surface area contributed by atoms with Crippen molar-refractivity contribution in [2.24, 2.45) is 5.41 Å². The molecular formula is C12H19NOS. The number of hydrogen-bond donors (Lipinski definition) is 0. The number of nitrogens with zero attached hydrogens (tertiary/aromatic N) is 1. The second-order valence-electron chi connectivity index (χ2n) is 5.18. The highest BCUT2D eigenvalue weighted by atomic mass is 32.1. The highest BCUT2D eigenvalue weighted by molar-refractivity contribution is 7.12. The Morgan fingerprint density at radius 3 is 2.27 bits per heavy atom. The number of rotatable bonds is 2. The molecule has 1 aromatic heterocycles. The second kappa shape index (κ2) is 4.05. The van der Waals surface area contributed by atoms with Crippen molar-refractivity contribution < 1.29 is 4.79 Å². The van der Waals surface area contributed by atoms with Gasteiger partial charge in [0.1, 0.15) is 5.69 Å². The maximum Gasteiger partial charge on any atom is 0.187 e. The summed E-state index contributed by atoms with van der Waals surface area (Å²) in [6.07, 6.45) is 0. The monoisotopic (exact) mass is 225 g/mol. The molecule has 15 heavy (non-hydrogen) atoms. The Morgan fingerprint density at radius 1 is 1.33 bits per heavy atom. The molecule has 0 spiro atoms. The molecule has 3 heteroatoms. The lowest BCUT2D eigenvalue weighted by Crippen LogP contribution is -2.21. The summed E-state index contributed by atoms with van der Waals surface area (Å²) in [5, 5.41) is 0.978. The largest absolute Gasteiger partial charge is 0.292 e. The van der Waals surface area contributed by atoms with Crippen LogP contribution in [0.1, 0.15) is 60.9 Å². The number of hydrogen-bond acceptors (Lipinski definition) is 3. The molecule has 0 amide bonds. The van der Waals surface area contributed by atoms with E-state index in [-0.39, 0.29) is 11.2 Å². The number of carbonyl (C=O) groups is 1. The molecule has 84 valence electrons. The molecule has 2 nitrogen and oxygen atoms in total. The van der Waals surface area contributed by atoms with E-state index in [1.807, 2.05) is 27.7 Å². The zero-order valence-corrected chi connectivity index (χ0v) is 11.2. The van der Waals surface area contributed by atoms with Crippen LogP contribution in [0.2, 0.25) is 0 Å². The Balaban J connectivity index is 3.20. The van der Waals surface area contributed by atoms with Crippen LogP contribution in [0.25, 0.3) is 0 Å². The van der Waals surface area contributed by atoms with Gasteiger partial charge in [-0.3, -0.25) is 4.79 Å². The molecule has 0 bridgehead atoms. The first kappa shape index (κ1) is 12.4. The second-order valence-corrected chi connectivity index (χ2v) is 6.41. The Bertz CT molecular complexity index is 371. The molecule has 0 aromatic carbocycles. The van der Waals surface area contributed by atoms with Gasteiger partial charge in [-0.05, 0) is 12.8 Å². The fraction of sp³-hybridized carbons (Fsp3) is 0.667. The summed E-state index contributed by atoms with van der Waals surface area (Å²) in [6, 6.07) is 0. The van der Waals surface area contributed by atoms with E-state index in [0.717, 1.165) is 9.88 Å². The lowest BCUT2D eigenvalue weighted by atomic mass is 9.87. The van der Waals surface area contributed by atoms with Crippen LogP contribution in [-0.4, -0.2) is 10.8 Å². The molecule has 0 aliphatic carbocycles. The lowest BCUT2D eigenvalue weighted by Gasteiger charge is -2.16. The van der Waals surface area contributed by atoms with Crippen LogP contribution in [0.3, 0.4) is 0 Å². The van der Waals surface area contributed by atoms with Gasteiger partial charge in [0.05, 0.1) is 5.01 Å². The van der Waals surface area contributed by atoms with E-state index in [4.69, 9.17) is 0 Å². The average molecular weight is 225 g/mol. The van der Waals surface area contributed by atoms with Gasteiger partial charge in [0, 0.05) is 10.3 Å². The van der Waals surface area contributed by atoms with Crippen molar-refractivity contribution in [3.05, 3.63) is 15.6 Å². The third-order valence-electron chi connectivity index (χ3n) is 2.18. The van der Waals surface area contributed by atoms with Crippen LogP contribution in [0.4, 0.5) is 0 Å². The van der Waals surface area contributed by atoms with Gasteiger partial charge in [-0.2, -0.15) is 0 Å². The molecule has 0 fully saturated rings. The molecule has 0 aliphatic rings. The summed E-state index contributed by atoms with van der Waals surface area (Å²) in [5.74, 6) is 0.521. The van der Waals surface area contributed by atoms with Gasteiger partial charge in [0.25, 0.3) is 0 Å². The number of ketones is 1. The fourth-order valence-electron chi connectivity index (χ4n) is 1.35. The van der Waals surface area contributed by atoms with Gasteiger partial charge in [-0.15, -0.1) is 11.3 Å². The summed E-state index contributed by atoms with van der Waals surface area (Å²) in [7, 11) is 0. The highest BCUT2D eigenvalue weighted by Crippen LogP contribution is 2.30. The van der Waals surface area contributed by atoms with Crippen molar-refractivity contribution in [2.45, 2.75) is 47.5 Å². The van der Waals surface area contributed by atoms with Crippen LogP contribution in [0.15, 0.2) is 0 Å². The first-order valence-corrected chi connectivity index (χ1v) is 6.07. The summed E-state index contributed by atoms with van der Waals surface area (Å²) in [6.45, 7) is 12.0. The van der Waals surface area contributed by atoms with Crippen LogP contribution < -0.4 is 0 Å². The summed E-state index contributed by atoms with van der Waals surface area (Å²) >= 11 is 1.63. The Hall–Kier alpha value is -0.700. The van der Waals surface area contributed by atoms with Crippen molar-refractivity contribution in [2.75, 3.05) is 0 Å². The van der Waals surface area contributed by atoms with Gasteiger partial charge in [0.15, 0.2) is 5.78 Å². The molecule has 0 unspecified atom stereocenters. The number of aryl methyl sites for hydroxylation is 1. The van der Waals surface area contributed by atoms with Gasteiger partial charge >= 0.3 is 0 Å².